The molecule has 0 aliphatic rings. The van der Waals surface area contributed by atoms with E-state index in [0.717, 1.165) is 13.0 Å². The van der Waals surface area contributed by atoms with Gasteiger partial charge < -0.3 is 18.9 Å². The zero-order chi connectivity index (χ0) is 21.7. The third-order valence-corrected chi connectivity index (χ3v) is 15.5. The Morgan fingerprint density at radius 1 is 1.07 bits per heavy atom. The molecule has 9 heteroatoms. The van der Waals surface area contributed by atoms with Crippen LogP contribution in [0.5, 0.6) is 0 Å². The topological polar surface area (TPSA) is 75.7 Å². The Hall–Kier alpha value is 0.0669. The predicted molar refractivity (Wildman–Crippen MR) is 121 cm³/mol. The summed E-state index contributed by atoms with van der Waals surface area (Å²) in [7, 11) is -7.22. The van der Waals surface area contributed by atoms with Crippen LogP contribution < -0.4 is 5.32 Å². The average Bonchev–Trinajstić information content (AvgIpc) is 2.41. The fraction of sp³-hybridized carbons (Fsp3) is 0.944. The lowest BCUT2D eigenvalue weighted by Crippen LogP contribution is -2.45. The second-order valence-corrected chi connectivity index (χ2v) is 21.7. The minimum atomic E-state index is -2.70. The van der Waals surface area contributed by atoms with Gasteiger partial charge in [-0.2, -0.15) is 0 Å². The van der Waals surface area contributed by atoms with Crippen molar-refractivity contribution in [2.45, 2.75) is 57.8 Å². The van der Waals surface area contributed by atoms with E-state index in [1.807, 2.05) is 4.90 Å². The number of carbonyl (C=O) groups excluding carboxylic acids is 1. The van der Waals surface area contributed by atoms with Crippen molar-refractivity contribution < 1.29 is 18.4 Å². The molecule has 0 aromatic rings. The normalized spacial score (nSPS) is 14.1. The van der Waals surface area contributed by atoms with Crippen LogP contribution in [0.2, 0.25) is 18.1 Å². The van der Waals surface area contributed by atoms with E-state index < -0.39 is 28.1 Å². The molecule has 0 fully saturated rings. The standard InChI is InChI=1S/C18H42N2O4P2Si/c1-11-12-20(13-14-24-27(9,10)18(2,3)4)15-16(21)19-17(25(5,6)22)26(7,8)23/h17H,11-15H2,1-10H3,(H,19,21). The minimum Gasteiger partial charge on any atom is -0.416 e. The molecule has 0 aromatic carbocycles. The summed E-state index contributed by atoms with van der Waals surface area (Å²) in [5, 5.41) is 2.93. The summed E-state index contributed by atoms with van der Waals surface area (Å²) in [6, 6.07) is 0. The third kappa shape index (κ3) is 9.89. The van der Waals surface area contributed by atoms with Gasteiger partial charge in [-0.05, 0) is 57.8 Å². The quantitative estimate of drug-likeness (QED) is 0.381. The van der Waals surface area contributed by atoms with Crippen LogP contribution in [0, 0.1) is 0 Å². The Kier molecular flexibility index (Phi) is 10.2. The molecule has 0 aromatic heterocycles. The third-order valence-electron chi connectivity index (χ3n) is 5.05. The van der Waals surface area contributed by atoms with Gasteiger partial charge in [0.25, 0.3) is 0 Å². The molecule has 0 unspecified atom stereocenters. The number of rotatable bonds is 11. The van der Waals surface area contributed by atoms with Crippen molar-refractivity contribution in [1.29, 1.82) is 0 Å². The average molecular weight is 441 g/mol. The number of nitrogens with zero attached hydrogens (tertiary/aromatic N) is 1. The molecule has 0 radical (unpaired) electrons. The zero-order valence-electron chi connectivity index (χ0n) is 19.1. The second-order valence-electron chi connectivity index (χ2n) is 9.69. The summed E-state index contributed by atoms with van der Waals surface area (Å²) >= 11 is 0. The first-order valence-electron chi connectivity index (χ1n) is 9.67. The first-order chi connectivity index (χ1) is 11.9. The number of hydrogen-bond acceptors (Lipinski definition) is 5. The molecule has 0 rings (SSSR count). The van der Waals surface area contributed by atoms with Gasteiger partial charge in [-0.15, -0.1) is 0 Å². The summed E-state index contributed by atoms with van der Waals surface area (Å²) < 4.78 is 31.2. The lowest BCUT2D eigenvalue weighted by molar-refractivity contribution is -0.122. The van der Waals surface area contributed by atoms with Gasteiger partial charge in [0.05, 0.1) is 6.54 Å². The van der Waals surface area contributed by atoms with Gasteiger partial charge >= 0.3 is 0 Å². The molecule has 1 N–H and O–H groups in total. The molecule has 162 valence electrons. The van der Waals surface area contributed by atoms with E-state index in [4.69, 9.17) is 4.43 Å². The highest BCUT2D eigenvalue weighted by molar-refractivity contribution is 7.80. The van der Waals surface area contributed by atoms with Crippen LogP contribution in [0.4, 0.5) is 0 Å². The van der Waals surface area contributed by atoms with Crippen molar-refractivity contribution in [2.75, 3.05) is 52.9 Å². The molecule has 27 heavy (non-hydrogen) atoms. The highest BCUT2D eigenvalue weighted by Crippen LogP contribution is 2.59. The molecule has 0 heterocycles. The molecule has 0 atom stereocenters. The second kappa shape index (κ2) is 10.2. The smallest absolute Gasteiger partial charge is 0.235 e. The molecule has 6 nitrogen and oxygen atoms in total. The maximum atomic E-state index is 12.5. The van der Waals surface area contributed by atoms with E-state index in [9.17, 15) is 13.9 Å². The van der Waals surface area contributed by atoms with E-state index in [2.05, 4.69) is 46.1 Å². The summed E-state index contributed by atoms with van der Waals surface area (Å²) in [4.78, 5) is 14.6. The van der Waals surface area contributed by atoms with Crippen LogP contribution in [0.25, 0.3) is 0 Å². The highest BCUT2D eigenvalue weighted by atomic mass is 31.2. The molecule has 0 saturated carbocycles. The summed E-state index contributed by atoms with van der Waals surface area (Å²) in [6.45, 7) is 21.7. The Morgan fingerprint density at radius 2 is 1.56 bits per heavy atom. The van der Waals surface area contributed by atoms with Gasteiger partial charge in [0.15, 0.2) is 8.32 Å². The zero-order valence-corrected chi connectivity index (χ0v) is 21.9. The van der Waals surface area contributed by atoms with Gasteiger partial charge in [0.1, 0.15) is 19.8 Å². The van der Waals surface area contributed by atoms with Gasteiger partial charge in [-0.25, -0.2) is 0 Å². The van der Waals surface area contributed by atoms with Crippen LogP contribution in [-0.2, 0) is 18.4 Å². The van der Waals surface area contributed by atoms with Gasteiger partial charge in [-0.1, -0.05) is 27.7 Å². The Bertz CT molecular complexity index is 556. The van der Waals surface area contributed by atoms with E-state index in [-0.39, 0.29) is 17.5 Å². The highest BCUT2D eigenvalue weighted by Gasteiger charge is 2.37. The SMILES string of the molecule is CCCN(CCO[Si](C)(C)C(C)(C)C)CC(=O)NC(P(C)(C)=O)P(C)(C)=O. The first-order valence-corrected chi connectivity index (χ1v) is 17.9. The maximum absolute atomic E-state index is 12.5. The monoisotopic (exact) mass is 440 g/mol. The predicted octanol–water partition coefficient (Wildman–Crippen LogP) is 4.37. The van der Waals surface area contributed by atoms with E-state index in [0.29, 0.717) is 13.2 Å². The van der Waals surface area contributed by atoms with Crippen molar-refractivity contribution in [2.24, 2.45) is 0 Å². The molecule has 0 aliphatic carbocycles. The summed E-state index contributed by atoms with van der Waals surface area (Å²) in [5.41, 5.74) is -0.760. The van der Waals surface area contributed by atoms with Crippen molar-refractivity contribution >= 4 is 28.5 Å². The van der Waals surface area contributed by atoms with Crippen molar-refractivity contribution in [3.05, 3.63) is 0 Å². The van der Waals surface area contributed by atoms with Gasteiger partial charge in [0, 0.05) is 13.2 Å². The molecule has 0 spiro atoms. The maximum Gasteiger partial charge on any atom is 0.235 e. The van der Waals surface area contributed by atoms with Crippen molar-refractivity contribution in [1.82, 2.24) is 10.2 Å². The fourth-order valence-electron chi connectivity index (χ4n) is 2.61. The van der Waals surface area contributed by atoms with Gasteiger partial charge in [0.2, 0.25) is 5.91 Å². The summed E-state index contributed by atoms with van der Waals surface area (Å²) in [6.07, 6.45) is 0.927. The number of hydrogen-bond donors (Lipinski definition) is 1. The van der Waals surface area contributed by atoms with E-state index in [1.165, 1.54) is 0 Å². The lowest BCUT2D eigenvalue weighted by Gasteiger charge is -2.36. The molecular weight excluding hydrogens is 398 g/mol. The van der Waals surface area contributed by atoms with E-state index >= 15 is 0 Å². The molecule has 0 saturated heterocycles. The molecule has 0 bridgehead atoms. The largest absolute Gasteiger partial charge is 0.416 e. The van der Waals surface area contributed by atoms with Crippen molar-refractivity contribution in [3.63, 3.8) is 0 Å². The van der Waals surface area contributed by atoms with Crippen LogP contribution in [-0.4, -0.2) is 77.5 Å². The Morgan fingerprint density at radius 3 is 1.93 bits per heavy atom. The molecule has 1 amide bonds. The van der Waals surface area contributed by atoms with Crippen LogP contribution in [0.3, 0.4) is 0 Å². The Balaban J connectivity index is 4.88. The number of nitrogens with one attached hydrogen (secondary N) is 1. The van der Waals surface area contributed by atoms with E-state index in [1.54, 1.807) is 26.7 Å². The summed E-state index contributed by atoms with van der Waals surface area (Å²) in [5.74, 6) is -0.228. The number of carbonyl (C=O) groups is 1. The van der Waals surface area contributed by atoms with Gasteiger partial charge in [-0.3, -0.25) is 9.69 Å². The van der Waals surface area contributed by atoms with Crippen molar-refractivity contribution in [3.8, 4) is 0 Å². The number of amides is 1. The minimum absolute atomic E-state index is 0.153. The lowest BCUT2D eigenvalue weighted by atomic mass is 10.2. The molecular formula is C18H42N2O4P2Si. The van der Waals surface area contributed by atoms with Crippen LogP contribution in [0.15, 0.2) is 0 Å². The van der Waals surface area contributed by atoms with Crippen LogP contribution >= 0.6 is 14.3 Å². The van der Waals surface area contributed by atoms with Crippen LogP contribution in [0.1, 0.15) is 34.1 Å². The Labute approximate surface area is 168 Å². The first kappa shape index (κ1) is 27.1. The fourth-order valence-corrected chi connectivity index (χ4v) is 9.91. The molecule has 0 aliphatic heterocycles.